The zero-order valence-corrected chi connectivity index (χ0v) is 9.71. The number of nitriles is 1. The lowest BCUT2D eigenvalue weighted by atomic mass is 10.2. The van der Waals surface area contributed by atoms with Crippen LogP contribution in [0.3, 0.4) is 0 Å². The van der Waals surface area contributed by atoms with E-state index in [0.29, 0.717) is 5.56 Å². The van der Waals surface area contributed by atoms with Gasteiger partial charge in [0.15, 0.2) is 0 Å². The molecule has 0 bridgehead atoms. The van der Waals surface area contributed by atoms with Crippen molar-refractivity contribution >= 4 is 27.5 Å². The summed E-state index contributed by atoms with van der Waals surface area (Å²) in [6.45, 7) is 0.890. The molecule has 1 aliphatic rings. The van der Waals surface area contributed by atoms with Crippen molar-refractivity contribution in [2.45, 2.75) is 12.8 Å². The van der Waals surface area contributed by atoms with Gasteiger partial charge in [-0.1, -0.05) is 15.9 Å². The van der Waals surface area contributed by atoms with E-state index in [-0.39, 0.29) is 0 Å². The molecule has 0 aromatic heterocycles. The molecule has 1 heterocycles. The van der Waals surface area contributed by atoms with Gasteiger partial charge in [0.2, 0.25) is 0 Å². The van der Waals surface area contributed by atoms with Gasteiger partial charge in [0, 0.05) is 17.4 Å². The minimum absolute atomic E-state index is 0.638. The molecule has 1 aromatic carbocycles. The Balaban J connectivity index is 2.24. The highest BCUT2D eigenvalue weighted by Gasteiger charge is 2.09. The molecule has 0 amide bonds. The maximum atomic E-state index is 8.97. The van der Waals surface area contributed by atoms with Gasteiger partial charge in [0.25, 0.3) is 0 Å². The number of nitrogens with zero attached hydrogens (tertiary/aromatic N) is 2. The third kappa shape index (κ3) is 2.37. The third-order valence-corrected chi connectivity index (χ3v) is 2.75. The van der Waals surface area contributed by atoms with E-state index in [0.717, 1.165) is 35.4 Å². The monoisotopic (exact) mass is 263 g/mol. The van der Waals surface area contributed by atoms with Gasteiger partial charge in [-0.2, -0.15) is 5.26 Å². The predicted molar refractivity (Wildman–Crippen MR) is 64.0 cm³/mol. The molecule has 0 atom stereocenters. The van der Waals surface area contributed by atoms with Crippen LogP contribution in [0.2, 0.25) is 0 Å². The van der Waals surface area contributed by atoms with Crippen LogP contribution >= 0.6 is 15.9 Å². The van der Waals surface area contributed by atoms with Crippen LogP contribution in [0.4, 0.5) is 5.69 Å². The van der Waals surface area contributed by atoms with Crippen LogP contribution in [0.1, 0.15) is 18.4 Å². The summed E-state index contributed by atoms with van der Waals surface area (Å²) in [5.74, 6) is 0.980. The molecule has 0 saturated carbocycles. The summed E-state index contributed by atoms with van der Waals surface area (Å²) in [5.41, 5.74) is 1.47. The molecule has 0 saturated heterocycles. The van der Waals surface area contributed by atoms with Crippen LogP contribution in [0.5, 0.6) is 0 Å². The summed E-state index contributed by atoms with van der Waals surface area (Å²) >= 11 is 3.34. The minimum atomic E-state index is 0.638. The van der Waals surface area contributed by atoms with Gasteiger partial charge >= 0.3 is 0 Å². The van der Waals surface area contributed by atoms with Crippen LogP contribution in [0.25, 0.3) is 0 Å². The van der Waals surface area contributed by atoms with Crippen molar-refractivity contribution in [1.29, 1.82) is 5.26 Å². The van der Waals surface area contributed by atoms with Crippen LogP contribution in [0, 0.1) is 11.3 Å². The van der Waals surface area contributed by atoms with Gasteiger partial charge in [-0.3, -0.25) is 4.99 Å². The van der Waals surface area contributed by atoms with Crippen LogP contribution < -0.4 is 5.32 Å². The molecule has 76 valence electrons. The summed E-state index contributed by atoms with van der Waals surface area (Å²) in [4.78, 5) is 4.31. The Kier molecular flexibility index (Phi) is 3.02. The molecule has 3 nitrogen and oxygen atoms in total. The summed E-state index contributed by atoms with van der Waals surface area (Å²) in [5, 5.41) is 12.2. The second kappa shape index (κ2) is 4.45. The summed E-state index contributed by atoms with van der Waals surface area (Å²) in [7, 11) is 0. The lowest BCUT2D eigenvalue weighted by Crippen LogP contribution is -2.09. The first-order valence-corrected chi connectivity index (χ1v) is 5.59. The molecule has 0 radical (unpaired) electrons. The molecule has 0 fully saturated rings. The summed E-state index contributed by atoms with van der Waals surface area (Å²) < 4.78 is 0.915. The highest BCUT2D eigenvalue weighted by molar-refractivity contribution is 9.10. The maximum absolute atomic E-state index is 8.97. The third-order valence-electron chi connectivity index (χ3n) is 2.26. The molecule has 0 aliphatic carbocycles. The Morgan fingerprint density at radius 3 is 3.00 bits per heavy atom. The molecule has 1 N–H and O–H groups in total. The maximum Gasteiger partial charge on any atom is 0.101 e. The number of nitrogens with one attached hydrogen (secondary N) is 1. The second-order valence-electron chi connectivity index (χ2n) is 3.36. The minimum Gasteiger partial charge on any atom is -0.343 e. The first-order valence-electron chi connectivity index (χ1n) is 4.79. The van der Waals surface area contributed by atoms with Crippen molar-refractivity contribution in [3.8, 4) is 6.07 Å². The Hall–Kier alpha value is -1.34. The fourth-order valence-corrected chi connectivity index (χ4v) is 1.88. The summed E-state index contributed by atoms with van der Waals surface area (Å²) in [6, 6.07) is 7.77. The van der Waals surface area contributed by atoms with Gasteiger partial charge in [0.05, 0.1) is 11.3 Å². The van der Waals surface area contributed by atoms with Crippen LogP contribution in [-0.2, 0) is 0 Å². The van der Waals surface area contributed by atoms with Crippen molar-refractivity contribution in [1.82, 2.24) is 0 Å². The van der Waals surface area contributed by atoms with E-state index in [4.69, 9.17) is 5.26 Å². The number of hydrogen-bond donors (Lipinski definition) is 1. The van der Waals surface area contributed by atoms with E-state index >= 15 is 0 Å². The van der Waals surface area contributed by atoms with Crippen LogP contribution in [-0.4, -0.2) is 12.4 Å². The van der Waals surface area contributed by atoms with Gasteiger partial charge < -0.3 is 5.32 Å². The molecule has 0 unspecified atom stereocenters. The van der Waals surface area contributed by atoms with Crippen molar-refractivity contribution in [2.75, 3.05) is 11.9 Å². The van der Waals surface area contributed by atoms with Gasteiger partial charge in [-0.05, 0) is 24.6 Å². The molecule has 4 heteroatoms. The van der Waals surface area contributed by atoms with Crippen molar-refractivity contribution in [3.63, 3.8) is 0 Å². The number of halogens is 1. The molecular weight excluding hydrogens is 254 g/mol. The number of anilines is 1. The molecule has 2 rings (SSSR count). The average molecular weight is 264 g/mol. The zero-order valence-electron chi connectivity index (χ0n) is 8.13. The molecule has 1 aliphatic heterocycles. The number of amidine groups is 1. The van der Waals surface area contributed by atoms with Crippen molar-refractivity contribution in [3.05, 3.63) is 28.2 Å². The van der Waals surface area contributed by atoms with E-state index < -0.39 is 0 Å². The normalized spacial score (nSPS) is 14.5. The lowest BCUT2D eigenvalue weighted by molar-refractivity contribution is 0.951. The van der Waals surface area contributed by atoms with Crippen molar-refractivity contribution < 1.29 is 0 Å². The van der Waals surface area contributed by atoms with Crippen molar-refractivity contribution in [2.24, 2.45) is 4.99 Å². The van der Waals surface area contributed by atoms with E-state index in [2.05, 4.69) is 32.3 Å². The van der Waals surface area contributed by atoms with Gasteiger partial charge in [-0.25, -0.2) is 0 Å². The largest absolute Gasteiger partial charge is 0.343 e. The standard InChI is InChI=1S/C11H10BrN3/c12-9-3-4-10(8(6-9)7-13)15-11-2-1-5-14-11/h3-4,6H,1-2,5H2,(H,14,15). The number of hydrogen-bond acceptors (Lipinski definition) is 3. The SMILES string of the molecule is N#Cc1cc(Br)ccc1NC1=NCCC1. The van der Waals surface area contributed by atoms with Gasteiger partial charge in [-0.15, -0.1) is 0 Å². The van der Waals surface area contributed by atoms with E-state index in [1.165, 1.54) is 0 Å². The Bertz CT molecular complexity index is 446. The second-order valence-corrected chi connectivity index (χ2v) is 4.27. The lowest BCUT2D eigenvalue weighted by Gasteiger charge is -2.07. The summed E-state index contributed by atoms with van der Waals surface area (Å²) in [6.07, 6.45) is 2.07. The molecule has 0 spiro atoms. The Morgan fingerprint density at radius 1 is 1.47 bits per heavy atom. The highest BCUT2D eigenvalue weighted by Crippen LogP contribution is 2.21. The topological polar surface area (TPSA) is 48.2 Å². The first kappa shape index (κ1) is 10.2. The predicted octanol–water partition coefficient (Wildman–Crippen LogP) is 2.92. The smallest absolute Gasteiger partial charge is 0.101 e. The van der Waals surface area contributed by atoms with E-state index in [1.54, 1.807) is 6.07 Å². The number of rotatable bonds is 1. The van der Waals surface area contributed by atoms with Gasteiger partial charge in [0.1, 0.15) is 11.9 Å². The molecule has 15 heavy (non-hydrogen) atoms. The molecular formula is C11H10BrN3. The van der Waals surface area contributed by atoms with Crippen LogP contribution in [0.15, 0.2) is 27.7 Å². The Labute approximate surface area is 97.0 Å². The highest BCUT2D eigenvalue weighted by atomic mass is 79.9. The number of benzene rings is 1. The van der Waals surface area contributed by atoms with E-state index in [9.17, 15) is 0 Å². The zero-order chi connectivity index (χ0) is 10.7. The Morgan fingerprint density at radius 2 is 2.33 bits per heavy atom. The molecule has 1 aromatic rings. The van der Waals surface area contributed by atoms with E-state index in [1.807, 2.05) is 12.1 Å². The number of aliphatic imine (C=N–C) groups is 1. The quantitative estimate of drug-likeness (QED) is 0.847. The first-order chi connectivity index (χ1) is 7.29. The fraction of sp³-hybridized carbons (Fsp3) is 0.273. The fourth-order valence-electron chi connectivity index (χ4n) is 1.52. The average Bonchev–Trinajstić information content (AvgIpc) is 2.73.